The summed E-state index contributed by atoms with van der Waals surface area (Å²) in [6, 6.07) is 12.2. The summed E-state index contributed by atoms with van der Waals surface area (Å²) >= 11 is 11.9. The van der Waals surface area contributed by atoms with E-state index in [1.807, 2.05) is 12.1 Å². The van der Waals surface area contributed by atoms with Crippen LogP contribution in [0.5, 0.6) is 0 Å². The Labute approximate surface area is 137 Å². The van der Waals surface area contributed by atoms with E-state index in [2.05, 4.69) is 10.3 Å². The van der Waals surface area contributed by atoms with Gasteiger partial charge in [-0.2, -0.15) is 0 Å². The first-order valence-corrected chi connectivity index (χ1v) is 7.54. The SMILES string of the molecule is Cc1ccc(-n2nnc(CCl)c2-c2ccc(Cl)cc2)cc1F. The predicted molar refractivity (Wildman–Crippen MR) is 86.1 cm³/mol. The molecule has 0 atom stereocenters. The Hall–Kier alpha value is -1.91. The first-order valence-electron chi connectivity index (χ1n) is 6.63. The van der Waals surface area contributed by atoms with E-state index in [1.165, 1.54) is 6.07 Å². The minimum absolute atomic E-state index is 0.215. The van der Waals surface area contributed by atoms with E-state index >= 15 is 0 Å². The van der Waals surface area contributed by atoms with Crippen LogP contribution in [0.2, 0.25) is 5.02 Å². The van der Waals surface area contributed by atoms with Crippen LogP contribution in [0.15, 0.2) is 42.5 Å². The topological polar surface area (TPSA) is 30.7 Å². The molecule has 22 heavy (non-hydrogen) atoms. The summed E-state index contributed by atoms with van der Waals surface area (Å²) in [4.78, 5) is 0. The van der Waals surface area contributed by atoms with E-state index in [9.17, 15) is 4.39 Å². The summed E-state index contributed by atoms with van der Waals surface area (Å²) in [6.45, 7) is 1.71. The predicted octanol–water partition coefficient (Wildman–Crippen LogP) is 4.77. The molecule has 0 aliphatic rings. The molecule has 0 unspecified atom stereocenters. The summed E-state index contributed by atoms with van der Waals surface area (Å²) in [6.07, 6.45) is 0. The number of alkyl halides is 1. The lowest BCUT2D eigenvalue weighted by atomic mass is 10.1. The van der Waals surface area contributed by atoms with Gasteiger partial charge in [-0.05, 0) is 36.8 Å². The molecular weight excluding hydrogens is 324 g/mol. The number of nitrogens with zero attached hydrogens (tertiary/aromatic N) is 3. The standard InChI is InChI=1S/C16H12Cl2FN3/c1-10-2-7-13(8-14(10)19)22-16(15(9-17)20-21-22)11-3-5-12(18)6-4-11/h2-8H,9H2,1H3. The maximum Gasteiger partial charge on any atom is 0.128 e. The van der Waals surface area contributed by atoms with Crippen molar-refractivity contribution in [1.82, 2.24) is 15.0 Å². The van der Waals surface area contributed by atoms with Crippen molar-refractivity contribution in [3.63, 3.8) is 0 Å². The molecule has 2 aromatic carbocycles. The van der Waals surface area contributed by atoms with Gasteiger partial charge >= 0.3 is 0 Å². The molecular formula is C16H12Cl2FN3. The van der Waals surface area contributed by atoms with Crippen LogP contribution in [0, 0.1) is 12.7 Å². The molecule has 0 bridgehead atoms. The second-order valence-electron chi connectivity index (χ2n) is 4.87. The van der Waals surface area contributed by atoms with Gasteiger partial charge < -0.3 is 0 Å². The van der Waals surface area contributed by atoms with Gasteiger partial charge in [-0.1, -0.05) is 35.0 Å². The van der Waals surface area contributed by atoms with E-state index < -0.39 is 0 Å². The molecule has 112 valence electrons. The number of benzene rings is 2. The monoisotopic (exact) mass is 335 g/mol. The van der Waals surface area contributed by atoms with E-state index in [0.717, 1.165) is 11.3 Å². The molecule has 0 aliphatic heterocycles. The van der Waals surface area contributed by atoms with Crippen LogP contribution in [-0.4, -0.2) is 15.0 Å². The summed E-state index contributed by atoms with van der Waals surface area (Å²) in [5.74, 6) is -0.0748. The molecule has 3 aromatic rings. The van der Waals surface area contributed by atoms with Gasteiger partial charge in [-0.3, -0.25) is 0 Å². The Balaban J connectivity index is 2.18. The Morgan fingerprint density at radius 3 is 2.50 bits per heavy atom. The summed E-state index contributed by atoms with van der Waals surface area (Å²) in [7, 11) is 0. The number of hydrogen-bond acceptors (Lipinski definition) is 2. The zero-order valence-electron chi connectivity index (χ0n) is 11.7. The van der Waals surface area contributed by atoms with Crippen LogP contribution in [0.25, 0.3) is 16.9 Å². The zero-order valence-corrected chi connectivity index (χ0v) is 13.2. The lowest BCUT2D eigenvalue weighted by molar-refractivity contribution is 0.615. The molecule has 1 heterocycles. The Bertz CT molecular complexity index is 813. The maximum absolute atomic E-state index is 13.8. The number of aromatic nitrogens is 3. The fraction of sp³-hybridized carbons (Fsp3) is 0.125. The molecule has 0 saturated heterocycles. The third-order valence-corrected chi connectivity index (χ3v) is 3.89. The highest BCUT2D eigenvalue weighted by molar-refractivity contribution is 6.30. The largest absolute Gasteiger partial charge is 0.212 e. The highest BCUT2D eigenvalue weighted by atomic mass is 35.5. The molecule has 6 heteroatoms. The van der Waals surface area contributed by atoms with Crippen molar-refractivity contribution in [2.24, 2.45) is 0 Å². The van der Waals surface area contributed by atoms with Crippen LogP contribution in [0.1, 0.15) is 11.3 Å². The quantitative estimate of drug-likeness (QED) is 0.645. The van der Waals surface area contributed by atoms with Gasteiger partial charge in [-0.25, -0.2) is 9.07 Å². The van der Waals surface area contributed by atoms with Gasteiger partial charge in [0.25, 0.3) is 0 Å². The van der Waals surface area contributed by atoms with Gasteiger partial charge in [0.2, 0.25) is 0 Å². The van der Waals surface area contributed by atoms with Gasteiger partial charge in [0.1, 0.15) is 11.5 Å². The summed E-state index contributed by atoms with van der Waals surface area (Å²) in [5.41, 5.74) is 3.40. The minimum atomic E-state index is -0.289. The van der Waals surface area contributed by atoms with Crippen molar-refractivity contribution >= 4 is 23.2 Å². The maximum atomic E-state index is 13.8. The molecule has 3 rings (SSSR count). The smallest absolute Gasteiger partial charge is 0.128 e. The number of aryl methyl sites for hydroxylation is 1. The third-order valence-electron chi connectivity index (χ3n) is 3.38. The second kappa shape index (κ2) is 6.07. The molecule has 1 aromatic heterocycles. The number of halogens is 3. The lowest BCUT2D eigenvalue weighted by Crippen LogP contribution is -2.01. The molecule has 0 saturated carbocycles. The normalized spacial score (nSPS) is 10.9. The number of rotatable bonds is 3. The summed E-state index contributed by atoms with van der Waals surface area (Å²) < 4.78 is 15.4. The van der Waals surface area contributed by atoms with Gasteiger partial charge in [-0.15, -0.1) is 16.7 Å². The summed E-state index contributed by atoms with van der Waals surface area (Å²) in [5, 5.41) is 8.83. The Morgan fingerprint density at radius 2 is 1.86 bits per heavy atom. The zero-order chi connectivity index (χ0) is 15.7. The van der Waals surface area contributed by atoms with E-state index in [1.54, 1.807) is 35.9 Å². The van der Waals surface area contributed by atoms with Gasteiger partial charge in [0, 0.05) is 10.6 Å². The minimum Gasteiger partial charge on any atom is -0.212 e. The Kier molecular flexibility index (Phi) is 4.14. The van der Waals surface area contributed by atoms with Crippen molar-refractivity contribution in [3.05, 3.63) is 64.6 Å². The van der Waals surface area contributed by atoms with Gasteiger partial charge in [0.05, 0.1) is 17.3 Å². The van der Waals surface area contributed by atoms with Gasteiger partial charge in [0.15, 0.2) is 0 Å². The number of hydrogen-bond donors (Lipinski definition) is 0. The van der Waals surface area contributed by atoms with Crippen molar-refractivity contribution in [2.45, 2.75) is 12.8 Å². The van der Waals surface area contributed by atoms with E-state index in [-0.39, 0.29) is 11.7 Å². The molecule has 0 spiro atoms. The highest BCUT2D eigenvalue weighted by Gasteiger charge is 2.16. The van der Waals surface area contributed by atoms with Crippen molar-refractivity contribution < 1.29 is 4.39 Å². The molecule has 0 fully saturated rings. The average Bonchev–Trinajstić information content (AvgIpc) is 2.95. The fourth-order valence-electron chi connectivity index (χ4n) is 2.19. The lowest BCUT2D eigenvalue weighted by Gasteiger charge is -2.09. The van der Waals surface area contributed by atoms with Crippen LogP contribution in [0.4, 0.5) is 4.39 Å². The van der Waals surface area contributed by atoms with Crippen LogP contribution in [0.3, 0.4) is 0 Å². The third kappa shape index (κ3) is 2.72. The van der Waals surface area contributed by atoms with Crippen molar-refractivity contribution in [1.29, 1.82) is 0 Å². The van der Waals surface area contributed by atoms with Crippen molar-refractivity contribution in [3.8, 4) is 16.9 Å². The molecule has 0 aliphatic carbocycles. The first kappa shape index (κ1) is 15.0. The van der Waals surface area contributed by atoms with Crippen LogP contribution >= 0.6 is 23.2 Å². The first-order chi connectivity index (χ1) is 10.6. The highest BCUT2D eigenvalue weighted by Crippen LogP contribution is 2.28. The average molecular weight is 336 g/mol. The second-order valence-corrected chi connectivity index (χ2v) is 5.57. The van der Waals surface area contributed by atoms with E-state index in [4.69, 9.17) is 23.2 Å². The molecule has 0 amide bonds. The molecule has 0 N–H and O–H groups in total. The van der Waals surface area contributed by atoms with Crippen LogP contribution < -0.4 is 0 Å². The Morgan fingerprint density at radius 1 is 1.14 bits per heavy atom. The molecule has 0 radical (unpaired) electrons. The van der Waals surface area contributed by atoms with E-state index in [0.29, 0.717) is 22.0 Å². The fourth-order valence-corrected chi connectivity index (χ4v) is 2.50. The van der Waals surface area contributed by atoms with Crippen molar-refractivity contribution in [2.75, 3.05) is 0 Å². The molecule has 3 nitrogen and oxygen atoms in total. The van der Waals surface area contributed by atoms with Crippen LogP contribution in [-0.2, 0) is 5.88 Å².